The summed E-state index contributed by atoms with van der Waals surface area (Å²) in [7, 11) is 1.65. The first-order valence-electron chi connectivity index (χ1n) is 7.51. The Bertz CT molecular complexity index is 647. The number of nitrogens with zero attached hydrogens (tertiary/aromatic N) is 1. The van der Waals surface area contributed by atoms with E-state index in [1.165, 1.54) is 0 Å². The van der Waals surface area contributed by atoms with Crippen LogP contribution in [0.4, 0.5) is 0 Å². The number of amidine groups is 1. The van der Waals surface area contributed by atoms with Crippen LogP contribution in [-0.4, -0.2) is 38.6 Å². The van der Waals surface area contributed by atoms with Crippen molar-refractivity contribution in [3.05, 3.63) is 23.8 Å². The van der Waals surface area contributed by atoms with Gasteiger partial charge in [-0.2, -0.15) is 0 Å². The molecule has 0 aliphatic carbocycles. The van der Waals surface area contributed by atoms with Crippen LogP contribution in [0.1, 0.15) is 18.9 Å². The average Bonchev–Trinajstić information content (AvgIpc) is 2.89. The fourth-order valence-corrected chi connectivity index (χ4v) is 3.86. The van der Waals surface area contributed by atoms with Gasteiger partial charge in [-0.25, -0.2) is 4.99 Å². The van der Waals surface area contributed by atoms with Crippen LogP contribution in [0.15, 0.2) is 23.2 Å². The zero-order valence-electron chi connectivity index (χ0n) is 12.8. The first-order valence-corrected chi connectivity index (χ1v) is 7.51. The van der Waals surface area contributed by atoms with Gasteiger partial charge in [0.2, 0.25) is 0 Å². The highest BCUT2D eigenvalue weighted by molar-refractivity contribution is 5.75. The van der Waals surface area contributed by atoms with Crippen molar-refractivity contribution in [1.82, 2.24) is 0 Å². The van der Waals surface area contributed by atoms with Gasteiger partial charge in [-0.05, 0) is 25.1 Å². The fraction of sp³-hybridized carbons (Fsp3) is 0.562. The van der Waals surface area contributed by atoms with Crippen molar-refractivity contribution in [2.45, 2.75) is 24.5 Å². The van der Waals surface area contributed by atoms with Crippen molar-refractivity contribution in [2.75, 3.05) is 26.9 Å². The third-order valence-corrected chi connectivity index (χ3v) is 5.09. The molecule has 6 heteroatoms. The first kappa shape index (κ1) is 13.7. The van der Waals surface area contributed by atoms with Crippen LogP contribution in [0.3, 0.4) is 0 Å². The van der Waals surface area contributed by atoms with Crippen molar-refractivity contribution in [3.63, 3.8) is 0 Å². The zero-order chi connectivity index (χ0) is 15.4. The van der Waals surface area contributed by atoms with Gasteiger partial charge in [-0.3, -0.25) is 0 Å². The summed E-state index contributed by atoms with van der Waals surface area (Å²) in [6.45, 7) is 3.80. The Morgan fingerprint density at radius 3 is 3.00 bits per heavy atom. The number of hydrogen-bond acceptors (Lipinski definition) is 6. The minimum Gasteiger partial charge on any atom is -0.497 e. The Kier molecular flexibility index (Phi) is 2.81. The number of hydrogen-bond donors (Lipinski definition) is 1. The summed E-state index contributed by atoms with van der Waals surface area (Å²) in [4.78, 5) is 4.68. The van der Waals surface area contributed by atoms with Gasteiger partial charge in [0, 0.05) is 12.0 Å². The van der Waals surface area contributed by atoms with Gasteiger partial charge < -0.3 is 24.7 Å². The molecule has 3 aliphatic rings. The van der Waals surface area contributed by atoms with E-state index in [0.717, 1.165) is 23.5 Å². The molecule has 0 bridgehead atoms. The van der Waals surface area contributed by atoms with Gasteiger partial charge in [0.15, 0.2) is 0 Å². The van der Waals surface area contributed by atoms with E-state index in [2.05, 4.69) is 11.9 Å². The number of fused-ring (bicyclic) bond motifs is 4. The van der Waals surface area contributed by atoms with E-state index in [1.54, 1.807) is 7.11 Å². The molecule has 4 rings (SSSR count). The van der Waals surface area contributed by atoms with Crippen LogP contribution in [0.2, 0.25) is 0 Å². The van der Waals surface area contributed by atoms with Gasteiger partial charge >= 0.3 is 0 Å². The number of benzene rings is 1. The number of methoxy groups -OCH3 is 1. The van der Waals surface area contributed by atoms with Crippen molar-refractivity contribution < 1.29 is 18.9 Å². The predicted octanol–water partition coefficient (Wildman–Crippen LogP) is 1.42. The summed E-state index contributed by atoms with van der Waals surface area (Å²) in [6.07, 6.45) is 0.820. The summed E-state index contributed by atoms with van der Waals surface area (Å²) < 4.78 is 23.0. The van der Waals surface area contributed by atoms with Gasteiger partial charge in [0.25, 0.3) is 6.02 Å². The minimum atomic E-state index is -0.568. The Hall–Kier alpha value is -1.95. The molecule has 0 radical (unpaired) electrons. The largest absolute Gasteiger partial charge is 0.497 e. The lowest BCUT2D eigenvalue weighted by molar-refractivity contribution is -0.129. The van der Waals surface area contributed by atoms with E-state index in [0.29, 0.717) is 19.8 Å². The molecule has 0 aromatic heterocycles. The smallest absolute Gasteiger partial charge is 0.283 e. The minimum absolute atomic E-state index is 0.0504. The third-order valence-electron chi connectivity index (χ3n) is 5.09. The molecule has 1 fully saturated rings. The maximum absolute atomic E-state index is 6.34. The number of aliphatic imine (C=N–C) groups is 1. The molecule has 0 amide bonds. The van der Waals surface area contributed by atoms with Crippen molar-refractivity contribution >= 4 is 6.02 Å². The van der Waals surface area contributed by atoms with Crippen LogP contribution < -0.4 is 15.2 Å². The lowest BCUT2D eigenvalue weighted by atomic mass is 9.67. The van der Waals surface area contributed by atoms with Gasteiger partial charge in [-0.15, -0.1) is 0 Å². The van der Waals surface area contributed by atoms with E-state index in [4.69, 9.17) is 24.7 Å². The van der Waals surface area contributed by atoms with E-state index >= 15 is 0 Å². The number of nitrogens with two attached hydrogens (primary N) is 1. The molecule has 3 heterocycles. The fourth-order valence-electron chi connectivity index (χ4n) is 3.86. The molecule has 3 atom stereocenters. The monoisotopic (exact) mass is 304 g/mol. The van der Waals surface area contributed by atoms with Crippen LogP contribution in [0, 0.1) is 5.92 Å². The second-order valence-corrected chi connectivity index (χ2v) is 6.32. The molecule has 22 heavy (non-hydrogen) atoms. The molecule has 1 saturated heterocycles. The Morgan fingerprint density at radius 2 is 2.27 bits per heavy atom. The lowest BCUT2D eigenvalue weighted by Crippen LogP contribution is -2.59. The molecule has 1 spiro atoms. The second kappa shape index (κ2) is 4.52. The van der Waals surface area contributed by atoms with Crippen molar-refractivity contribution in [3.8, 4) is 11.5 Å². The standard InChI is InChI=1S/C16H20N2O4/c1-15-5-6-20-8-13(15)16(9-21-14(17)18-16)11-7-10(19-2)3-4-12(11)22-15/h3-4,7,13H,5-6,8-9H2,1-2H3,(H2,17,18)/t13-,15-,16?/m1/s1. The molecule has 1 aromatic carbocycles. The summed E-state index contributed by atoms with van der Waals surface area (Å²) in [5.41, 5.74) is 5.90. The number of ether oxygens (including phenoxy) is 4. The molecule has 118 valence electrons. The molecule has 6 nitrogen and oxygen atoms in total. The van der Waals surface area contributed by atoms with Gasteiger partial charge in [0.05, 0.1) is 26.2 Å². The van der Waals surface area contributed by atoms with E-state index in [-0.39, 0.29) is 17.5 Å². The molecule has 1 unspecified atom stereocenters. The maximum Gasteiger partial charge on any atom is 0.283 e. The van der Waals surface area contributed by atoms with Crippen molar-refractivity contribution in [2.24, 2.45) is 16.6 Å². The Labute approximate surface area is 129 Å². The summed E-state index contributed by atoms with van der Waals surface area (Å²) in [5, 5.41) is 0. The molecular formula is C16H20N2O4. The van der Waals surface area contributed by atoms with E-state index < -0.39 is 5.54 Å². The predicted molar refractivity (Wildman–Crippen MR) is 80.2 cm³/mol. The molecule has 1 aromatic rings. The molecular weight excluding hydrogens is 284 g/mol. The summed E-state index contributed by atoms with van der Waals surface area (Å²) in [5.74, 6) is 1.64. The Balaban J connectivity index is 1.93. The Morgan fingerprint density at radius 1 is 1.41 bits per heavy atom. The van der Waals surface area contributed by atoms with Crippen molar-refractivity contribution in [1.29, 1.82) is 0 Å². The van der Waals surface area contributed by atoms with Crippen LogP contribution >= 0.6 is 0 Å². The highest BCUT2D eigenvalue weighted by Gasteiger charge is 2.59. The van der Waals surface area contributed by atoms with Gasteiger partial charge in [-0.1, -0.05) is 0 Å². The van der Waals surface area contributed by atoms with E-state index in [1.807, 2.05) is 18.2 Å². The SMILES string of the molecule is COc1ccc2c(c1)C1(COC(N)=N1)[C@@H]1COCC[C@@]1(C)O2. The summed E-state index contributed by atoms with van der Waals surface area (Å²) >= 11 is 0. The zero-order valence-corrected chi connectivity index (χ0v) is 12.8. The molecule has 0 saturated carbocycles. The molecule has 3 aliphatic heterocycles. The second-order valence-electron chi connectivity index (χ2n) is 6.32. The topological polar surface area (TPSA) is 75.3 Å². The highest BCUT2D eigenvalue weighted by Crippen LogP contribution is 2.54. The number of rotatable bonds is 1. The molecule has 2 N–H and O–H groups in total. The van der Waals surface area contributed by atoms with E-state index in [9.17, 15) is 0 Å². The normalized spacial score (nSPS) is 35.9. The van der Waals surface area contributed by atoms with Crippen LogP contribution in [-0.2, 0) is 15.0 Å². The van der Waals surface area contributed by atoms with Crippen LogP contribution in [0.5, 0.6) is 11.5 Å². The lowest BCUT2D eigenvalue weighted by Gasteiger charge is -2.51. The highest BCUT2D eigenvalue weighted by atomic mass is 16.5. The average molecular weight is 304 g/mol. The van der Waals surface area contributed by atoms with Gasteiger partial charge in [0.1, 0.15) is 29.2 Å². The summed E-state index contributed by atoms with van der Waals surface area (Å²) in [6, 6.07) is 6.04. The third kappa shape index (κ3) is 1.73. The first-order chi connectivity index (χ1) is 10.6. The maximum atomic E-state index is 6.34. The quantitative estimate of drug-likeness (QED) is 0.849. The van der Waals surface area contributed by atoms with Crippen LogP contribution in [0.25, 0.3) is 0 Å².